The van der Waals surface area contributed by atoms with E-state index in [0.717, 1.165) is 32.4 Å². The van der Waals surface area contributed by atoms with Crippen LogP contribution < -0.4 is 5.32 Å². The molecular weight excluding hydrogens is 218 g/mol. The third-order valence-corrected chi connectivity index (χ3v) is 3.17. The van der Waals surface area contributed by atoms with Crippen molar-refractivity contribution in [3.05, 3.63) is 0 Å². The molecule has 4 nitrogen and oxygen atoms in total. The molecule has 0 radical (unpaired) electrons. The van der Waals surface area contributed by atoms with Crippen molar-refractivity contribution in [2.24, 2.45) is 5.41 Å². The quantitative estimate of drug-likeness (QED) is 0.546. The van der Waals surface area contributed by atoms with Gasteiger partial charge in [-0.15, -0.1) is 0 Å². The molecule has 0 spiro atoms. The van der Waals surface area contributed by atoms with Crippen LogP contribution in [0.25, 0.3) is 0 Å². The molecule has 0 aliphatic carbocycles. The molecule has 0 saturated carbocycles. The zero-order valence-electron chi connectivity index (χ0n) is 11.3. The van der Waals surface area contributed by atoms with Gasteiger partial charge in [0.2, 0.25) is 0 Å². The fourth-order valence-electron chi connectivity index (χ4n) is 2.28. The van der Waals surface area contributed by atoms with E-state index in [1.54, 1.807) is 0 Å². The first-order chi connectivity index (χ1) is 8.10. The van der Waals surface area contributed by atoms with Gasteiger partial charge in [-0.05, 0) is 33.2 Å². The van der Waals surface area contributed by atoms with Crippen LogP contribution in [0.4, 0.5) is 0 Å². The summed E-state index contributed by atoms with van der Waals surface area (Å²) in [7, 11) is 0. The van der Waals surface area contributed by atoms with Gasteiger partial charge in [-0.3, -0.25) is 4.79 Å². The Hall–Kier alpha value is -0.610. The van der Waals surface area contributed by atoms with Gasteiger partial charge >= 0.3 is 5.97 Å². The van der Waals surface area contributed by atoms with Gasteiger partial charge in [0.05, 0.1) is 18.1 Å². The SMILES string of the molecule is CCCC1(C(=O)OCCOC(C)C)CCNC1. The van der Waals surface area contributed by atoms with Crippen LogP contribution in [0, 0.1) is 5.41 Å². The third-order valence-electron chi connectivity index (χ3n) is 3.17. The second-order valence-electron chi connectivity index (χ2n) is 5.01. The summed E-state index contributed by atoms with van der Waals surface area (Å²) in [4.78, 5) is 12.1. The molecule has 1 N–H and O–H groups in total. The minimum absolute atomic E-state index is 0.0586. The molecule has 1 fully saturated rings. The van der Waals surface area contributed by atoms with Crippen molar-refractivity contribution in [1.82, 2.24) is 5.32 Å². The Morgan fingerprint density at radius 1 is 1.41 bits per heavy atom. The van der Waals surface area contributed by atoms with Gasteiger partial charge in [-0.25, -0.2) is 0 Å². The van der Waals surface area contributed by atoms with E-state index < -0.39 is 0 Å². The first-order valence-corrected chi connectivity index (χ1v) is 6.60. The van der Waals surface area contributed by atoms with E-state index in [9.17, 15) is 4.79 Å². The number of hydrogen-bond donors (Lipinski definition) is 1. The molecule has 1 atom stereocenters. The predicted octanol–water partition coefficient (Wildman–Crippen LogP) is 1.73. The first-order valence-electron chi connectivity index (χ1n) is 6.60. The Labute approximate surface area is 104 Å². The molecule has 1 aliphatic rings. The lowest BCUT2D eigenvalue weighted by Crippen LogP contribution is -2.35. The van der Waals surface area contributed by atoms with Crippen molar-refractivity contribution in [3.63, 3.8) is 0 Å². The Kier molecular flexibility index (Phi) is 5.92. The minimum Gasteiger partial charge on any atom is -0.463 e. The Morgan fingerprint density at radius 3 is 2.71 bits per heavy atom. The molecule has 0 bridgehead atoms. The minimum atomic E-state index is -0.285. The van der Waals surface area contributed by atoms with Gasteiger partial charge in [0.15, 0.2) is 0 Å². The van der Waals surface area contributed by atoms with E-state index in [1.165, 1.54) is 0 Å². The van der Waals surface area contributed by atoms with Crippen molar-refractivity contribution in [2.45, 2.75) is 46.1 Å². The molecule has 4 heteroatoms. The second-order valence-corrected chi connectivity index (χ2v) is 5.01. The maximum Gasteiger partial charge on any atom is 0.313 e. The van der Waals surface area contributed by atoms with Crippen LogP contribution in [-0.2, 0) is 14.3 Å². The van der Waals surface area contributed by atoms with Crippen LogP contribution in [0.1, 0.15) is 40.0 Å². The average molecular weight is 243 g/mol. The highest BCUT2D eigenvalue weighted by Gasteiger charge is 2.41. The number of ether oxygens (including phenoxy) is 2. The van der Waals surface area contributed by atoms with E-state index in [4.69, 9.17) is 9.47 Å². The average Bonchev–Trinajstić information content (AvgIpc) is 2.74. The van der Waals surface area contributed by atoms with Gasteiger partial charge in [-0.2, -0.15) is 0 Å². The zero-order chi connectivity index (χ0) is 12.7. The van der Waals surface area contributed by atoms with E-state index in [-0.39, 0.29) is 17.5 Å². The standard InChI is InChI=1S/C13H25NO3/c1-4-5-13(6-7-14-10-13)12(15)17-9-8-16-11(2)3/h11,14H,4-10H2,1-3H3. The normalized spacial score (nSPS) is 24.2. The number of carbonyl (C=O) groups is 1. The van der Waals surface area contributed by atoms with Crippen LogP contribution in [0.5, 0.6) is 0 Å². The highest BCUT2D eigenvalue weighted by Crippen LogP contribution is 2.32. The molecule has 0 aromatic rings. The topological polar surface area (TPSA) is 47.6 Å². The summed E-state index contributed by atoms with van der Waals surface area (Å²) >= 11 is 0. The van der Waals surface area contributed by atoms with Gasteiger partial charge in [0.1, 0.15) is 6.61 Å². The van der Waals surface area contributed by atoms with E-state index in [2.05, 4.69) is 12.2 Å². The lowest BCUT2D eigenvalue weighted by atomic mass is 9.83. The maximum atomic E-state index is 12.1. The summed E-state index contributed by atoms with van der Waals surface area (Å²) in [6, 6.07) is 0. The predicted molar refractivity (Wildman–Crippen MR) is 66.9 cm³/mol. The number of esters is 1. The second kappa shape index (κ2) is 6.97. The lowest BCUT2D eigenvalue weighted by molar-refractivity contribution is -0.157. The molecule has 0 aromatic heterocycles. The van der Waals surface area contributed by atoms with Gasteiger partial charge < -0.3 is 14.8 Å². The van der Waals surface area contributed by atoms with Crippen molar-refractivity contribution < 1.29 is 14.3 Å². The van der Waals surface area contributed by atoms with E-state index in [0.29, 0.717) is 13.2 Å². The number of hydrogen-bond acceptors (Lipinski definition) is 4. The molecule has 1 saturated heterocycles. The zero-order valence-corrected chi connectivity index (χ0v) is 11.3. The van der Waals surface area contributed by atoms with Crippen LogP contribution in [0.2, 0.25) is 0 Å². The molecule has 0 aromatic carbocycles. The summed E-state index contributed by atoms with van der Waals surface area (Å²) in [6.07, 6.45) is 3.00. The lowest BCUT2D eigenvalue weighted by Gasteiger charge is -2.25. The molecule has 100 valence electrons. The molecule has 1 unspecified atom stereocenters. The number of nitrogens with one attached hydrogen (secondary N) is 1. The molecule has 17 heavy (non-hydrogen) atoms. The molecule has 0 amide bonds. The summed E-state index contributed by atoms with van der Waals surface area (Å²) in [6.45, 7) is 8.57. The van der Waals surface area contributed by atoms with Crippen LogP contribution in [-0.4, -0.2) is 38.4 Å². The number of carbonyl (C=O) groups excluding carboxylic acids is 1. The van der Waals surface area contributed by atoms with Crippen LogP contribution in [0.3, 0.4) is 0 Å². The van der Waals surface area contributed by atoms with Crippen molar-refractivity contribution in [2.75, 3.05) is 26.3 Å². The monoisotopic (exact) mass is 243 g/mol. The van der Waals surface area contributed by atoms with E-state index in [1.807, 2.05) is 13.8 Å². The fourth-order valence-corrected chi connectivity index (χ4v) is 2.28. The first kappa shape index (κ1) is 14.5. The molecule has 1 heterocycles. The van der Waals surface area contributed by atoms with Gasteiger partial charge in [-0.1, -0.05) is 13.3 Å². The fraction of sp³-hybridized carbons (Fsp3) is 0.923. The molecule has 1 aliphatic heterocycles. The highest BCUT2D eigenvalue weighted by molar-refractivity contribution is 5.77. The van der Waals surface area contributed by atoms with Gasteiger partial charge in [0, 0.05) is 6.54 Å². The van der Waals surface area contributed by atoms with Crippen molar-refractivity contribution >= 4 is 5.97 Å². The summed E-state index contributed by atoms with van der Waals surface area (Å²) in [5.74, 6) is -0.0586. The smallest absolute Gasteiger partial charge is 0.313 e. The Morgan fingerprint density at radius 2 is 2.18 bits per heavy atom. The highest BCUT2D eigenvalue weighted by atomic mass is 16.6. The van der Waals surface area contributed by atoms with Gasteiger partial charge in [0.25, 0.3) is 0 Å². The largest absolute Gasteiger partial charge is 0.463 e. The van der Waals surface area contributed by atoms with E-state index >= 15 is 0 Å². The molecular formula is C13H25NO3. The van der Waals surface area contributed by atoms with Crippen molar-refractivity contribution in [1.29, 1.82) is 0 Å². The Bertz CT molecular complexity index is 235. The summed E-state index contributed by atoms with van der Waals surface area (Å²) < 4.78 is 10.7. The van der Waals surface area contributed by atoms with Crippen molar-refractivity contribution in [3.8, 4) is 0 Å². The Balaban J connectivity index is 2.33. The summed E-state index contributed by atoms with van der Waals surface area (Å²) in [5, 5.41) is 3.26. The van der Waals surface area contributed by atoms with Crippen LogP contribution in [0.15, 0.2) is 0 Å². The summed E-state index contributed by atoms with van der Waals surface area (Å²) in [5.41, 5.74) is -0.285. The molecule has 1 rings (SSSR count). The van der Waals surface area contributed by atoms with Crippen LogP contribution >= 0.6 is 0 Å². The number of rotatable bonds is 7. The third kappa shape index (κ3) is 4.28. The maximum absolute atomic E-state index is 12.1.